The van der Waals surface area contributed by atoms with E-state index < -0.39 is 0 Å². The standard InChI is InChI=1S/C13H14N2O3S/c1-14-5-6-15(9-11(14)17)13(18)12-10(3-2-7-16)4-8-19-12/h4,8,16H,5-7,9H2,1H3. The van der Waals surface area contributed by atoms with E-state index in [1.807, 2.05) is 0 Å². The number of hydrogen-bond acceptors (Lipinski definition) is 4. The van der Waals surface area contributed by atoms with Crippen LogP contribution in [0.15, 0.2) is 11.4 Å². The number of nitrogens with zero attached hydrogens (tertiary/aromatic N) is 2. The summed E-state index contributed by atoms with van der Waals surface area (Å²) in [6, 6.07) is 1.75. The van der Waals surface area contributed by atoms with Gasteiger partial charge in [0.15, 0.2) is 0 Å². The van der Waals surface area contributed by atoms with Crippen LogP contribution in [-0.2, 0) is 4.79 Å². The average Bonchev–Trinajstić information content (AvgIpc) is 2.87. The van der Waals surface area contributed by atoms with E-state index in [1.54, 1.807) is 23.4 Å². The lowest BCUT2D eigenvalue weighted by molar-refractivity contribution is -0.133. The molecule has 0 atom stereocenters. The summed E-state index contributed by atoms with van der Waals surface area (Å²) in [5.74, 6) is 5.06. The number of carbonyl (C=O) groups excluding carboxylic acids is 2. The molecule has 1 saturated heterocycles. The molecule has 19 heavy (non-hydrogen) atoms. The third-order valence-electron chi connectivity index (χ3n) is 2.91. The van der Waals surface area contributed by atoms with E-state index in [1.165, 1.54) is 16.2 Å². The molecule has 1 N–H and O–H groups in total. The molecule has 1 aliphatic heterocycles. The molecule has 1 aliphatic rings. The van der Waals surface area contributed by atoms with Gasteiger partial charge in [-0.05, 0) is 11.4 Å². The van der Waals surface area contributed by atoms with Gasteiger partial charge in [0.25, 0.3) is 5.91 Å². The van der Waals surface area contributed by atoms with Crippen LogP contribution in [0, 0.1) is 11.8 Å². The van der Waals surface area contributed by atoms with Crippen molar-refractivity contribution < 1.29 is 14.7 Å². The van der Waals surface area contributed by atoms with Crippen LogP contribution in [0.1, 0.15) is 15.2 Å². The molecule has 1 aromatic heterocycles. The van der Waals surface area contributed by atoms with E-state index in [0.717, 1.165) is 0 Å². The number of hydrogen-bond donors (Lipinski definition) is 1. The van der Waals surface area contributed by atoms with Crippen molar-refractivity contribution >= 4 is 23.2 Å². The molecule has 1 aromatic rings. The Morgan fingerprint density at radius 3 is 3.00 bits per heavy atom. The Hall–Kier alpha value is -1.84. The molecule has 100 valence electrons. The van der Waals surface area contributed by atoms with Gasteiger partial charge >= 0.3 is 0 Å². The van der Waals surface area contributed by atoms with E-state index in [0.29, 0.717) is 23.5 Å². The zero-order valence-electron chi connectivity index (χ0n) is 10.5. The topological polar surface area (TPSA) is 60.9 Å². The Morgan fingerprint density at radius 2 is 2.32 bits per heavy atom. The SMILES string of the molecule is CN1CCN(C(=O)c2sccc2C#CCO)CC1=O. The van der Waals surface area contributed by atoms with Crippen molar-refractivity contribution in [3.63, 3.8) is 0 Å². The van der Waals surface area contributed by atoms with Gasteiger partial charge in [0, 0.05) is 25.7 Å². The van der Waals surface area contributed by atoms with Gasteiger partial charge in [-0.2, -0.15) is 0 Å². The van der Waals surface area contributed by atoms with Gasteiger partial charge in [-0.25, -0.2) is 0 Å². The van der Waals surface area contributed by atoms with E-state index in [-0.39, 0.29) is 25.0 Å². The summed E-state index contributed by atoms with van der Waals surface area (Å²) < 4.78 is 0. The molecular weight excluding hydrogens is 264 g/mol. The molecule has 0 aromatic carbocycles. The van der Waals surface area contributed by atoms with Crippen LogP contribution in [0.5, 0.6) is 0 Å². The van der Waals surface area contributed by atoms with Crippen molar-refractivity contribution in [1.82, 2.24) is 9.80 Å². The summed E-state index contributed by atoms with van der Waals surface area (Å²) in [5, 5.41) is 10.5. The number of aliphatic hydroxyl groups is 1. The van der Waals surface area contributed by atoms with Crippen molar-refractivity contribution in [2.45, 2.75) is 0 Å². The highest BCUT2D eigenvalue weighted by atomic mass is 32.1. The van der Waals surface area contributed by atoms with Gasteiger partial charge in [-0.1, -0.05) is 11.8 Å². The first kappa shape index (κ1) is 13.6. The molecule has 0 saturated carbocycles. The largest absolute Gasteiger partial charge is 0.384 e. The van der Waals surface area contributed by atoms with Crippen LogP contribution in [0.4, 0.5) is 0 Å². The van der Waals surface area contributed by atoms with E-state index in [9.17, 15) is 9.59 Å². The summed E-state index contributed by atoms with van der Waals surface area (Å²) in [4.78, 5) is 27.6. The second kappa shape index (κ2) is 5.87. The van der Waals surface area contributed by atoms with Gasteiger partial charge in [0.1, 0.15) is 18.0 Å². The van der Waals surface area contributed by atoms with E-state index in [4.69, 9.17) is 5.11 Å². The first-order chi connectivity index (χ1) is 9.13. The van der Waals surface area contributed by atoms with Crippen molar-refractivity contribution in [3.8, 4) is 11.8 Å². The predicted molar refractivity (Wildman–Crippen MR) is 71.8 cm³/mol. The van der Waals surface area contributed by atoms with Gasteiger partial charge in [-0.15, -0.1) is 11.3 Å². The molecule has 0 aliphatic carbocycles. The van der Waals surface area contributed by atoms with Crippen molar-refractivity contribution in [3.05, 3.63) is 21.9 Å². The van der Waals surface area contributed by atoms with Crippen LogP contribution in [-0.4, -0.2) is 60.0 Å². The second-order valence-corrected chi connectivity index (χ2v) is 5.08. The van der Waals surface area contributed by atoms with Crippen LogP contribution >= 0.6 is 11.3 Å². The lowest BCUT2D eigenvalue weighted by atomic mass is 10.2. The van der Waals surface area contributed by atoms with Crippen molar-refractivity contribution in [1.29, 1.82) is 0 Å². The number of likely N-dealkylation sites (N-methyl/N-ethyl adjacent to an activating group) is 1. The number of thiophene rings is 1. The summed E-state index contributed by atoms with van der Waals surface area (Å²) in [7, 11) is 1.73. The summed E-state index contributed by atoms with van der Waals surface area (Å²) in [5.41, 5.74) is 0.607. The molecule has 2 amide bonds. The molecule has 0 spiro atoms. The number of carbonyl (C=O) groups is 2. The molecule has 5 nitrogen and oxygen atoms in total. The van der Waals surface area contributed by atoms with Crippen LogP contribution in [0.3, 0.4) is 0 Å². The minimum Gasteiger partial charge on any atom is -0.384 e. The molecule has 0 bridgehead atoms. The minimum absolute atomic E-state index is 0.0563. The molecule has 0 unspecified atom stereocenters. The summed E-state index contributed by atoms with van der Waals surface area (Å²) >= 11 is 1.30. The Morgan fingerprint density at radius 1 is 1.53 bits per heavy atom. The van der Waals surface area contributed by atoms with Gasteiger partial charge in [0.05, 0.1) is 0 Å². The Labute approximate surface area is 115 Å². The predicted octanol–water partition coefficient (Wildman–Crippen LogP) is 0.00610. The fourth-order valence-corrected chi connectivity index (χ4v) is 2.60. The fourth-order valence-electron chi connectivity index (χ4n) is 1.78. The Kier molecular flexibility index (Phi) is 4.20. The minimum atomic E-state index is -0.240. The highest BCUT2D eigenvalue weighted by molar-refractivity contribution is 7.12. The Balaban J connectivity index is 2.16. The van der Waals surface area contributed by atoms with Crippen LogP contribution in [0.25, 0.3) is 0 Å². The van der Waals surface area contributed by atoms with Crippen LogP contribution in [0.2, 0.25) is 0 Å². The smallest absolute Gasteiger partial charge is 0.265 e. The number of amides is 2. The van der Waals surface area contributed by atoms with Gasteiger partial charge < -0.3 is 14.9 Å². The highest BCUT2D eigenvalue weighted by Crippen LogP contribution is 2.19. The zero-order valence-corrected chi connectivity index (χ0v) is 11.4. The molecule has 1 fully saturated rings. The fraction of sp³-hybridized carbons (Fsp3) is 0.385. The lowest BCUT2D eigenvalue weighted by Crippen LogP contribution is -2.50. The third kappa shape index (κ3) is 2.95. The highest BCUT2D eigenvalue weighted by Gasteiger charge is 2.27. The van der Waals surface area contributed by atoms with Crippen molar-refractivity contribution in [2.24, 2.45) is 0 Å². The van der Waals surface area contributed by atoms with E-state index >= 15 is 0 Å². The average molecular weight is 278 g/mol. The maximum Gasteiger partial charge on any atom is 0.265 e. The Bertz CT molecular complexity index is 556. The van der Waals surface area contributed by atoms with Gasteiger partial charge in [-0.3, -0.25) is 9.59 Å². The van der Waals surface area contributed by atoms with Crippen LogP contribution < -0.4 is 0 Å². The third-order valence-corrected chi connectivity index (χ3v) is 3.81. The zero-order chi connectivity index (χ0) is 13.8. The number of aliphatic hydroxyl groups excluding tert-OH is 1. The molecule has 0 radical (unpaired) electrons. The first-order valence-corrected chi connectivity index (χ1v) is 6.72. The second-order valence-electron chi connectivity index (χ2n) is 4.17. The summed E-state index contributed by atoms with van der Waals surface area (Å²) in [6.07, 6.45) is 0. The number of piperazine rings is 1. The normalized spacial score (nSPS) is 15.2. The molecule has 2 heterocycles. The molecular formula is C13H14N2O3S. The quantitative estimate of drug-likeness (QED) is 0.736. The van der Waals surface area contributed by atoms with Crippen molar-refractivity contribution in [2.75, 3.05) is 33.3 Å². The summed E-state index contributed by atoms with van der Waals surface area (Å²) in [6.45, 7) is 0.954. The lowest BCUT2D eigenvalue weighted by Gasteiger charge is -2.31. The first-order valence-electron chi connectivity index (χ1n) is 5.84. The van der Waals surface area contributed by atoms with Gasteiger partial charge in [0.2, 0.25) is 5.91 Å². The van der Waals surface area contributed by atoms with E-state index in [2.05, 4.69) is 11.8 Å². The molecule has 2 rings (SSSR count). The monoisotopic (exact) mass is 278 g/mol. The number of rotatable bonds is 1. The maximum absolute atomic E-state index is 12.3. The molecule has 6 heteroatoms. The maximum atomic E-state index is 12.3.